The monoisotopic (exact) mass is 337 g/mol. The van der Waals surface area contributed by atoms with E-state index in [-0.39, 0.29) is 11.9 Å². The summed E-state index contributed by atoms with van der Waals surface area (Å²) >= 11 is 0. The first-order chi connectivity index (χ1) is 12.1. The van der Waals surface area contributed by atoms with Crippen LogP contribution in [0.3, 0.4) is 0 Å². The number of nitrogens with zero attached hydrogens (tertiary/aromatic N) is 3. The summed E-state index contributed by atoms with van der Waals surface area (Å²) in [6.45, 7) is 4.31. The van der Waals surface area contributed by atoms with Crippen molar-refractivity contribution < 1.29 is 9.18 Å². The van der Waals surface area contributed by atoms with Gasteiger partial charge in [0, 0.05) is 31.7 Å². The summed E-state index contributed by atoms with van der Waals surface area (Å²) in [6, 6.07) is 15.8. The van der Waals surface area contributed by atoms with E-state index in [1.807, 2.05) is 31.2 Å². The summed E-state index contributed by atoms with van der Waals surface area (Å²) < 4.78 is 13.3. The zero-order chi connectivity index (χ0) is 17.8. The van der Waals surface area contributed by atoms with E-state index < -0.39 is 5.82 Å². The molecule has 2 aromatic rings. The Morgan fingerprint density at radius 2 is 1.80 bits per heavy atom. The summed E-state index contributed by atoms with van der Waals surface area (Å²) in [6.07, 6.45) is 0. The van der Waals surface area contributed by atoms with Crippen LogP contribution in [0.4, 0.5) is 4.39 Å². The Bertz CT molecular complexity index is 789. The van der Waals surface area contributed by atoms with Gasteiger partial charge in [-0.3, -0.25) is 9.69 Å². The number of carbonyl (C=O) groups excluding carboxylic acids is 1. The van der Waals surface area contributed by atoms with Crippen LogP contribution in [-0.2, 0) is 0 Å². The van der Waals surface area contributed by atoms with Gasteiger partial charge in [0.2, 0.25) is 0 Å². The number of nitriles is 1. The van der Waals surface area contributed by atoms with Crippen LogP contribution in [0.5, 0.6) is 0 Å². The molecule has 4 nitrogen and oxygen atoms in total. The number of amides is 1. The Hall–Kier alpha value is -2.71. The number of hydrogen-bond acceptors (Lipinski definition) is 3. The van der Waals surface area contributed by atoms with Crippen molar-refractivity contribution in [2.45, 2.75) is 13.0 Å². The van der Waals surface area contributed by atoms with Gasteiger partial charge in [-0.15, -0.1) is 0 Å². The van der Waals surface area contributed by atoms with E-state index in [1.165, 1.54) is 12.1 Å². The van der Waals surface area contributed by atoms with Crippen LogP contribution in [0.2, 0.25) is 0 Å². The van der Waals surface area contributed by atoms with Crippen LogP contribution in [0.25, 0.3) is 0 Å². The van der Waals surface area contributed by atoms with Gasteiger partial charge >= 0.3 is 0 Å². The molecule has 0 N–H and O–H groups in total. The second-order valence-electron chi connectivity index (χ2n) is 6.28. The summed E-state index contributed by atoms with van der Waals surface area (Å²) in [5.41, 5.74) is 2.49. The summed E-state index contributed by atoms with van der Waals surface area (Å²) in [7, 11) is 0. The second-order valence-corrected chi connectivity index (χ2v) is 6.28. The average molecular weight is 337 g/mol. The molecule has 2 aromatic carbocycles. The molecule has 1 aliphatic heterocycles. The highest BCUT2D eigenvalue weighted by Crippen LogP contribution is 2.22. The smallest absolute Gasteiger partial charge is 0.254 e. The molecule has 1 heterocycles. The highest BCUT2D eigenvalue weighted by molar-refractivity contribution is 5.94. The fourth-order valence-electron chi connectivity index (χ4n) is 3.10. The lowest BCUT2D eigenvalue weighted by Gasteiger charge is -2.37. The van der Waals surface area contributed by atoms with Crippen LogP contribution in [0.1, 0.15) is 27.5 Å². The fourth-order valence-corrected chi connectivity index (χ4v) is 3.10. The molecule has 1 saturated heterocycles. The Balaban J connectivity index is 1.65. The van der Waals surface area contributed by atoms with Gasteiger partial charge in [0.05, 0.1) is 6.07 Å². The molecule has 0 aromatic heterocycles. The number of benzene rings is 2. The SMILES string of the molecule is Cc1ccc(C(C#N)N2CCN(C(=O)c3cccc(F)c3)CC2)cc1. The average Bonchev–Trinajstić information content (AvgIpc) is 2.64. The minimum absolute atomic E-state index is 0.164. The van der Waals surface area contributed by atoms with Crippen molar-refractivity contribution in [2.75, 3.05) is 26.2 Å². The predicted molar refractivity (Wildman–Crippen MR) is 93.4 cm³/mol. The zero-order valence-corrected chi connectivity index (χ0v) is 14.2. The normalized spacial score (nSPS) is 16.3. The summed E-state index contributed by atoms with van der Waals surface area (Å²) in [5.74, 6) is -0.573. The van der Waals surface area contributed by atoms with Gasteiger partial charge < -0.3 is 4.90 Å². The lowest BCUT2D eigenvalue weighted by Crippen LogP contribution is -2.49. The standard InChI is InChI=1S/C20H20FN3O/c1-15-5-7-16(8-6-15)19(14-22)23-9-11-24(12-10-23)20(25)17-3-2-4-18(21)13-17/h2-8,13,19H,9-12H2,1H3. The van der Waals surface area contributed by atoms with Crippen LogP contribution in [-0.4, -0.2) is 41.9 Å². The van der Waals surface area contributed by atoms with Crippen molar-refractivity contribution in [1.82, 2.24) is 9.80 Å². The van der Waals surface area contributed by atoms with Gasteiger partial charge in [0.15, 0.2) is 0 Å². The lowest BCUT2D eigenvalue weighted by molar-refractivity contribution is 0.0606. The third kappa shape index (κ3) is 3.86. The number of hydrogen-bond donors (Lipinski definition) is 0. The van der Waals surface area contributed by atoms with Crippen molar-refractivity contribution in [2.24, 2.45) is 0 Å². The van der Waals surface area contributed by atoms with Gasteiger partial charge in [-0.1, -0.05) is 35.9 Å². The first kappa shape index (κ1) is 17.1. The largest absolute Gasteiger partial charge is 0.336 e. The molecule has 1 atom stereocenters. The molecule has 1 amide bonds. The molecule has 0 spiro atoms. The van der Waals surface area contributed by atoms with E-state index in [2.05, 4.69) is 11.0 Å². The van der Waals surface area contributed by atoms with Gasteiger partial charge in [-0.2, -0.15) is 5.26 Å². The van der Waals surface area contributed by atoms with E-state index in [0.717, 1.165) is 11.1 Å². The van der Waals surface area contributed by atoms with E-state index >= 15 is 0 Å². The van der Waals surface area contributed by atoms with E-state index in [4.69, 9.17) is 0 Å². The molecule has 128 valence electrons. The maximum Gasteiger partial charge on any atom is 0.254 e. The third-order valence-corrected chi connectivity index (χ3v) is 4.55. The molecular weight excluding hydrogens is 317 g/mol. The molecule has 1 unspecified atom stereocenters. The van der Waals surface area contributed by atoms with Gasteiger partial charge in [0.25, 0.3) is 5.91 Å². The van der Waals surface area contributed by atoms with E-state index in [0.29, 0.717) is 31.7 Å². The van der Waals surface area contributed by atoms with Crippen LogP contribution in [0.15, 0.2) is 48.5 Å². The molecule has 1 aliphatic rings. The quantitative estimate of drug-likeness (QED) is 0.864. The van der Waals surface area contributed by atoms with Crippen molar-refractivity contribution in [1.29, 1.82) is 5.26 Å². The summed E-state index contributed by atoms with van der Waals surface area (Å²) in [4.78, 5) is 16.3. The van der Waals surface area contributed by atoms with E-state index in [1.54, 1.807) is 17.0 Å². The number of halogens is 1. The van der Waals surface area contributed by atoms with Crippen molar-refractivity contribution in [3.63, 3.8) is 0 Å². The molecule has 0 aliphatic carbocycles. The topological polar surface area (TPSA) is 47.3 Å². The number of rotatable bonds is 3. The number of aryl methyl sites for hydroxylation is 1. The Kier molecular flexibility index (Phi) is 5.11. The van der Waals surface area contributed by atoms with Gasteiger partial charge in [-0.05, 0) is 30.7 Å². The Morgan fingerprint density at radius 1 is 1.12 bits per heavy atom. The molecule has 1 fully saturated rings. The third-order valence-electron chi connectivity index (χ3n) is 4.55. The van der Waals surface area contributed by atoms with E-state index in [9.17, 15) is 14.4 Å². The highest BCUT2D eigenvalue weighted by atomic mass is 19.1. The predicted octanol–water partition coefficient (Wildman–Crippen LogP) is 3.16. The Labute approximate surface area is 147 Å². The van der Waals surface area contributed by atoms with Crippen LogP contribution in [0, 0.1) is 24.1 Å². The molecule has 5 heteroatoms. The molecule has 0 saturated carbocycles. The maximum atomic E-state index is 13.3. The minimum Gasteiger partial charge on any atom is -0.336 e. The van der Waals surface area contributed by atoms with Crippen LogP contribution >= 0.6 is 0 Å². The Morgan fingerprint density at radius 3 is 2.40 bits per heavy atom. The zero-order valence-electron chi connectivity index (χ0n) is 14.2. The lowest BCUT2D eigenvalue weighted by atomic mass is 10.0. The van der Waals surface area contributed by atoms with Crippen molar-refractivity contribution in [3.8, 4) is 6.07 Å². The molecule has 0 radical (unpaired) electrons. The van der Waals surface area contributed by atoms with Crippen LogP contribution < -0.4 is 0 Å². The maximum absolute atomic E-state index is 13.3. The first-order valence-corrected chi connectivity index (χ1v) is 8.33. The number of carbonyl (C=O) groups is 1. The van der Waals surface area contributed by atoms with Crippen molar-refractivity contribution >= 4 is 5.91 Å². The second kappa shape index (κ2) is 7.45. The van der Waals surface area contributed by atoms with Gasteiger partial charge in [0.1, 0.15) is 11.9 Å². The molecular formula is C20H20FN3O. The summed E-state index contributed by atoms with van der Waals surface area (Å²) in [5, 5.41) is 9.57. The highest BCUT2D eigenvalue weighted by Gasteiger charge is 2.27. The van der Waals surface area contributed by atoms with Gasteiger partial charge in [-0.25, -0.2) is 4.39 Å². The molecule has 25 heavy (non-hydrogen) atoms. The first-order valence-electron chi connectivity index (χ1n) is 8.33. The molecule has 3 rings (SSSR count). The van der Waals surface area contributed by atoms with Crippen molar-refractivity contribution in [3.05, 3.63) is 71.0 Å². The fraction of sp³-hybridized carbons (Fsp3) is 0.300. The number of piperazine rings is 1. The molecule has 0 bridgehead atoms. The minimum atomic E-state index is -0.409.